The average Bonchev–Trinajstić information content (AvgIpc) is 3.23. The summed E-state index contributed by atoms with van der Waals surface area (Å²) in [5.74, 6) is -4.60. The number of thioether (sulfide) groups is 1. The molecule has 0 fully saturated rings. The van der Waals surface area contributed by atoms with Gasteiger partial charge in [0, 0.05) is 13.0 Å². The lowest BCUT2D eigenvalue weighted by Crippen LogP contribution is -2.60. The van der Waals surface area contributed by atoms with Gasteiger partial charge < -0.3 is 54.0 Å². The van der Waals surface area contributed by atoms with E-state index in [-0.39, 0.29) is 50.4 Å². The highest BCUT2D eigenvalue weighted by molar-refractivity contribution is 7.98. The van der Waals surface area contributed by atoms with Crippen LogP contribution in [0, 0.1) is 5.92 Å². The molecule has 0 saturated carbocycles. The van der Waals surface area contributed by atoms with E-state index >= 15 is 0 Å². The van der Waals surface area contributed by atoms with E-state index in [4.69, 9.17) is 17.2 Å². The van der Waals surface area contributed by atoms with Crippen LogP contribution in [0.3, 0.4) is 0 Å². The number of hydrogen-bond acceptors (Lipinski definition) is 10. The summed E-state index contributed by atoms with van der Waals surface area (Å²) in [4.78, 5) is 85.0. The van der Waals surface area contributed by atoms with Crippen LogP contribution >= 0.6 is 11.8 Å². The molecule has 6 atom stereocenters. The molecule has 0 unspecified atom stereocenters. The molecule has 62 heavy (non-hydrogen) atoms. The van der Waals surface area contributed by atoms with E-state index in [1.54, 1.807) is 32.9 Å². The van der Waals surface area contributed by atoms with Crippen LogP contribution in [-0.4, -0.2) is 106 Å². The van der Waals surface area contributed by atoms with E-state index in [0.717, 1.165) is 16.3 Å². The molecule has 0 aliphatic heterocycles. The van der Waals surface area contributed by atoms with Gasteiger partial charge in [-0.2, -0.15) is 11.8 Å². The Kier molecular flexibility index (Phi) is 21.0. The highest BCUT2D eigenvalue weighted by atomic mass is 32.2. The molecule has 17 nitrogen and oxygen atoms in total. The van der Waals surface area contributed by atoms with Gasteiger partial charge >= 0.3 is 5.97 Å². The van der Waals surface area contributed by atoms with Gasteiger partial charge in [-0.3, -0.25) is 29.0 Å². The topological polar surface area (TPSA) is 293 Å². The van der Waals surface area contributed by atoms with Crippen molar-refractivity contribution >= 4 is 64.0 Å². The van der Waals surface area contributed by atoms with Gasteiger partial charge in [-0.15, -0.1) is 0 Å². The number of rotatable bonds is 26. The van der Waals surface area contributed by atoms with Crippen molar-refractivity contribution in [1.82, 2.24) is 26.6 Å². The average molecular weight is 878 g/mol. The van der Waals surface area contributed by atoms with Gasteiger partial charge in [0.2, 0.25) is 29.5 Å². The first kappa shape index (κ1) is 50.5. The second-order valence-electron chi connectivity index (χ2n) is 15.5. The Morgan fingerprint density at radius 1 is 0.677 bits per heavy atom. The van der Waals surface area contributed by atoms with Crippen molar-refractivity contribution in [2.45, 2.75) is 108 Å². The highest BCUT2D eigenvalue weighted by Gasteiger charge is 2.33. The first-order chi connectivity index (χ1) is 29.5. The number of nitrogens with two attached hydrogens (primary N) is 3. The molecular formula is C44H63N9O8S. The third-order valence-electron chi connectivity index (χ3n) is 10.1. The van der Waals surface area contributed by atoms with Crippen LogP contribution < -0.4 is 43.8 Å². The molecule has 0 spiro atoms. The normalized spacial score (nSPS) is 14.0. The molecule has 3 aromatic rings. The summed E-state index contributed by atoms with van der Waals surface area (Å²) >= 11 is 1.44. The molecule has 0 saturated heterocycles. The zero-order valence-corrected chi connectivity index (χ0v) is 36.7. The molecule has 0 aromatic heterocycles. The number of phenolic OH excluding ortho intramolecular Hbond substituents is 1. The number of fused-ring (bicyclic) bond motifs is 1. The minimum Gasteiger partial charge on any atom is -0.508 e. The molecule has 18 heteroatoms. The van der Waals surface area contributed by atoms with Crippen molar-refractivity contribution in [2.75, 3.05) is 18.6 Å². The Balaban J connectivity index is 1.82. The number of nitrogens with one attached hydrogen (secondary N) is 5. The molecule has 5 amide bonds. The zero-order chi connectivity index (χ0) is 45.8. The largest absolute Gasteiger partial charge is 0.508 e. The summed E-state index contributed by atoms with van der Waals surface area (Å²) in [6.07, 6.45) is 3.69. The van der Waals surface area contributed by atoms with E-state index in [9.17, 15) is 39.0 Å². The smallest absolute Gasteiger partial charge is 0.326 e. The number of guanidine groups is 1. The molecule has 3 aromatic carbocycles. The SMILES string of the molecule is CCC[C@H](NC(=O)[C@H](Cc1ccc(O)cc1)NC(=O)[C@H](CCCCN=C(N)N)NC(=O)[C@H](CCSC)NC(=O)[C@@H](NC(=O)[C@@H](N)Cc1ccc2ccccc2c1)C(C)C)C(=O)O. The zero-order valence-electron chi connectivity index (χ0n) is 35.9. The maximum absolute atomic E-state index is 14.1. The van der Waals surface area contributed by atoms with E-state index in [1.165, 1.54) is 23.9 Å². The van der Waals surface area contributed by atoms with Crippen LogP contribution in [0.2, 0.25) is 0 Å². The number of hydrogen-bond donors (Lipinski definition) is 10. The van der Waals surface area contributed by atoms with Crippen LogP contribution in [0.25, 0.3) is 10.8 Å². The summed E-state index contributed by atoms with van der Waals surface area (Å²) in [5, 5.41) is 35.1. The summed E-state index contributed by atoms with van der Waals surface area (Å²) in [6, 6.07) is 12.8. The third kappa shape index (κ3) is 16.9. The molecule has 0 radical (unpaired) electrons. The molecule has 0 aliphatic rings. The Morgan fingerprint density at radius 3 is 1.87 bits per heavy atom. The van der Waals surface area contributed by atoms with Crippen molar-refractivity contribution in [2.24, 2.45) is 28.1 Å². The fraction of sp³-hybridized carbons (Fsp3) is 0.477. The first-order valence-electron chi connectivity index (χ1n) is 20.8. The first-order valence-corrected chi connectivity index (χ1v) is 22.2. The van der Waals surface area contributed by atoms with Crippen molar-refractivity contribution in [3.8, 4) is 5.75 Å². The number of aromatic hydroxyl groups is 1. The van der Waals surface area contributed by atoms with Gasteiger partial charge in [0.1, 0.15) is 36.0 Å². The Bertz CT molecular complexity index is 1990. The van der Waals surface area contributed by atoms with Crippen LogP contribution in [0.15, 0.2) is 71.7 Å². The molecule has 0 heterocycles. The number of phenols is 1. The second kappa shape index (κ2) is 25.8. The number of carbonyl (C=O) groups is 6. The fourth-order valence-corrected chi connectivity index (χ4v) is 7.12. The van der Waals surface area contributed by atoms with Crippen molar-refractivity contribution in [1.29, 1.82) is 0 Å². The number of unbranched alkanes of at least 4 members (excludes halogenated alkanes) is 1. The van der Waals surface area contributed by atoms with E-state index in [2.05, 4.69) is 31.6 Å². The number of aliphatic imine (C=N–C) groups is 1. The summed E-state index contributed by atoms with van der Waals surface area (Å²) < 4.78 is 0. The predicted molar refractivity (Wildman–Crippen MR) is 242 cm³/mol. The third-order valence-corrected chi connectivity index (χ3v) is 10.8. The lowest BCUT2D eigenvalue weighted by atomic mass is 9.99. The van der Waals surface area contributed by atoms with Crippen molar-refractivity contribution in [3.63, 3.8) is 0 Å². The number of benzene rings is 3. The highest BCUT2D eigenvalue weighted by Crippen LogP contribution is 2.17. The molecule has 338 valence electrons. The molecule has 13 N–H and O–H groups in total. The van der Waals surface area contributed by atoms with Gasteiger partial charge in [0.25, 0.3) is 0 Å². The number of nitrogens with zero attached hydrogens (tertiary/aromatic N) is 1. The van der Waals surface area contributed by atoms with E-state index < -0.39 is 77.7 Å². The van der Waals surface area contributed by atoms with Crippen molar-refractivity contribution < 1.29 is 39.0 Å². The second-order valence-corrected chi connectivity index (χ2v) is 16.5. The molecule has 0 aliphatic carbocycles. The van der Waals surface area contributed by atoms with Gasteiger partial charge in [0.05, 0.1) is 6.04 Å². The number of carbonyl (C=O) groups excluding carboxylic acids is 5. The summed E-state index contributed by atoms with van der Waals surface area (Å²) in [5.41, 5.74) is 18.7. The molecular weight excluding hydrogens is 815 g/mol. The standard InChI is InChI=1S/C44H63N9O8S/c1-5-10-35(43(60)61)51-41(58)36(25-27-15-18-31(54)19-16-27)52-39(56)33(13-8-9-21-48-44(46)47)49-40(57)34(20-22-62-4)50-42(59)37(26(2)3)53-38(55)32(45)24-28-14-17-29-11-6-7-12-30(29)23-28/h6-7,11-12,14-19,23,26,32-37,54H,5,8-10,13,20-22,24-25,45H2,1-4H3,(H,49,57)(H,50,59)(H,51,58)(H,52,56)(H,53,55)(H,60,61)(H4,46,47,48)/t32-,33-,34-,35-,36-,37-/m0/s1. The van der Waals surface area contributed by atoms with Gasteiger partial charge in [0.15, 0.2) is 5.96 Å². The lowest BCUT2D eigenvalue weighted by molar-refractivity contribution is -0.142. The minimum atomic E-state index is -1.28. The van der Waals surface area contributed by atoms with Gasteiger partial charge in [-0.05, 0) is 90.5 Å². The summed E-state index contributed by atoms with van der Waals surface area (Å²) in [6.45, 7) is 5.54. The van der Waals surface area contributed by atoms with Crippen molar-refractivity contribution in [3.05, 3.63) is 77.9 Å². The lowest BCUT2D eigenvalue weighted by Gasteiger charge is -2.28. The van der Waals surface area contributed by atoms with E-state index in [1.807, 2.05) is 48.7 Å². The van der Waals surface area contributed by atoms with Crippen LogP contribution in [-0.2, 0) is 41.6 Å². The maximum Gasteiger partial charge on any atom is 0.326 e. The van der Waals surface area contributed by atoms with Gasteiger partial charge in [-0.25, -0.2) is 4.79 Å². The number of aliphatic carboxylic acids is 1. The Hall–Kier alpha value is -5.88. The Morgan fingerprint density at radius 2 is 1.26 bits per heavy atom. The fourth-order valence-electron chi connectivity index (χ4n) is 6.65. The minimum absolute atomic E-state index is 0.0121. The van der Waals surface area contributed by atoms with Crippen LogP contribution in [0.4, 0.5) is 0 Å². The number of amides is 5. The van der Waals surface area contributed by atoms with Gasteiger partial charge in [-0.1, -0.05) is 81.8 Å². The monoisotopic (exact) mass is 877 g/mol. The molecule has 0 bridgehead atoms. The number of carboxylic acid groups (broad SMARTS) is 1. The Labute approximate surface area is 367 Å². The predicted octanol–water partition coefficient (Wildman–Crippen LogP) is 1.82. The van der Waals surface area contributed by atoms with Crippen LogP contribution in [0.5, 0.6) is 5.75 Å². The quantitative estimate of drug-likeness (QED) is 0.0314. The van der Waals surface area contributed by atoms with Crippen LogP contribution in [0.1, 0.15) is 70.4 Å². The molecule has 3 rings (SSSR count). The maximum atomic E-state index is 14.1. The number of carboxylic acids is 1. The van der Waals surface area contributed by atoms with E-state index in [0.29, 0.717) is 30.6 Å². The summed E-state index contributed by atoms with van der Waals surface area (Å²) in [7, 11) is 0.